The van der Waals surface area contributed by atoms with Gasteiger partial charge in [-0.2, -0.15) is 0 Å². The van der Waals surface area contributed by atoms with E-state index >= 15 is 0 Å². The van der Waals surface area contributed by atoms with E-state index in [1.165, 1.54) is 0 Å². The summed E-state index contributed by atoms with van der Waals surface area (Å²) >= 11 is 6.32. The van der Waals surface area contributed by atoms with E-state index in [2.05, 4.69) is 26.0 Å². The average Bonchev–Trinajstić information content (AvgIpc) is 2.46. The molecular weight excluding hydrogens is 286 g/mol. The van der Waals surface area contributed by atoms with Crippen LogP contribution in [0.2, 0.25) is 5.02 Å². The Balaban J connectivity index is 2.59. The Morgan fingerprint density at radius 3 is 2.14 bits per heavy atom. The third kappa shape index (κ3) is 2.85. The maximum absolute atomic E-state index is 6.48. The van der Waals surface area contributed by atoms with Crippen LogP contribution < -0.4 is 15.2 Å². The smallest absolute Gasteiger partial charge is 0.146 e. The lowest BCUT2D eigenvalue weighted by Gasteiger charge is -2.21. The minimum atomic E-state index is -0.301. The van der Waals surface area contributed by atoms with Crippen LogP contribution in [0.3, 0.4) is 0 Å². The van der Waals surface area contributed by atoms with Crippen LogP contribution in [0, 0.1) is 13.8 Å². The van der Waals surface area contributed by atoms with Crippen LogP contribution in [0.5, 0.6) is 11.5 Å². The van der Waals surface area contributed by atoms with Gasteiger partial charge in [-0.25, -0.2) is 0 Å². The summed E-state index contributed by atoms with van der Waals surface area (Å²) in [4.78, 5) is 0. The molecule has 0 radical (unpaired) electrons. The molecule has 21 heavy (non-hydrogen) atoms. The number of rotatable bonds is 4. The molecule has 2 aromatic carbocycles. The molecule has 0 aliphatic heterocycles. The first-order valence-electron chi connectivity index (χ1n) is 6.73. The fourth-order valence-corrected chi connectivity index (χ4v) is 2.96. The van der Waals surface area contributed by atoms with Crippen LogP contribution in [0.25, 0.3) is 0 Å². The normalized spacial score (nSPS) is 12.1. The van der Waals surface area contributed by atoms with Crippen LogP contribution in [-0.2, 0) is 0 Å². The number of ether oxygens (including phenoxy) is 2. The largest absolute Gasteiger partial charge is 0.495 e. The first-order chi connectivity index (χ1) is 10.0. The Morgan fingerprint density at radius 1 is 1.00 bits per heavy atom. The van der Waals surface area contributed by atoms with Crippen LogP contribution in [0.4, 0.5) is 0 Å². The Hall–Kier alpha value is -1.71. The molecular formula is C17H20ClNO2. The molecule has 2 N–H and O–H groups in total. The van der Waals surface area contributed by atoms with Crippen molar-refractivity contribution in [2.45, 2.75) is 19.9 Å². The molecule has 4 heteroatoms. The second-order valence-electron chi connectivity index (χ2n) is 4.99. The van der Waals surface area contributed by atoms with Crippen molar-refractivity contribution in [3.63, 3.8) is 0 Å². The van der Waals surface area contributed by atoms with Crippen LogP contribution in [0.1, 0.15) is 28.3 Å². The molecule has 2 rings (SSSR count). The fraction of sp³-hybridized carbons (Fsp3) is 0.294. The lowest BCUT2D eigenvalue weighted by atomic mass is 9.91. The quantitative estimate of drug-likeness (QED) is 0.928. The first kappa shape index (κ1) is 15.7. The van der Waals surface area contributed by atoms with Crippen LogP contribution in [-0.4, -0.2) is 14.2 Å². The van der Waals surface area contributed by atoms with Crippen molar-refractivity contribution in [1.29, 1.82) is 0 Å². The molecule has 1 atom stereocenters. The lowest BCUT2D eigenvalue weighted by molar-refractivity contribution is 0.390. The summed E-state index contributed by atoms with van der Waals surface area (Å²) in [6.45, 7) is 4.11. The number of methoxy groups -OCH3 is 2. The van der Waals surface area contributed by atoms with E-state index in [-0.39, 0.29) is 6.04 Å². The van der Waals surface area contributed by atoms with E-state index in [0.717, 1.165) is 22.3 Å². The van der Waals surface area contributed by atoms with E-state index < -0.39 is 0 Å². The Morgan fingerprint density at radius 2 is 1.62 bits per heavy atom. The van der Waals surface area contributed by atoms with Crippen molar-refractivity contribution in [3.8, 4) is 11.5 Å². The predicted octanol–water partition coefficient (Wildman–Crippen LogP) is 4.02. The summed E-state index contributed by atoms with van der Waals surface area (Å²) in [5.74, 6) is 1.14. The molecule has 0 saturated carbocycles. The summed E-state index contributed by atoms with van der Waals surface area (Å²) < 4.78 is 10.7. The Labute approximate surface area is 130 Å². The zero-order valence-electron chi connectivity index (χ0n) is 12.7. The molecule has 3 nitrogen and oxygen atoms in total. The van der Waals surface area contributed by atoms with Gasteiger partial charge in [0.2, 0.25) is 0 Å². The highest BCUT2D eigenvalue weighted by molar-refractivity contribution is 6.33. The van der Waals surface area contributed by atoms with Crippen molar-refractivity contribution in [2.24, 2.45) is 5.73 Å². The van der Waals surface area contributed by atoms with Gasteiger partial charge in [0.25, 0.3) is 0 Å². The fourth-order valence-electron chi connectivity index (χ4n) is 2.64. The van der Waals surface area contributed by atoms with E-state index in [0.29, 0.717) is 16.5 Å². The van der Waals surface area contributed by atoms with Gasteiger partial charge in [0.05, 0.1) is 20.3 Å². The van der Waals surface area contributed by atoms with Gasteiger partial charge in [0, 0.05) is 5.56 Å². The van der Waals surface area contributed by atoms with Gasteiger partial charge in [0.1, 0.15) is 16.5 Å². The van der Waals surface area contributed by atoms with Gasteiger partial charge in [-0.05, 0) is 42.7 Å². The molecule has 0 spiro atoms. The second-order valence-corrected chi connectivity index (χ2v) is 5.37. The highest BCUT2D eigenvalue weighted by Gasteiger charge is 2.21. The first-order valence-corrected chi connectivity index (χ1v) is 7.11. The highest BCUT2D eigenvalue weighted by atomic mass is 35.5. The van der Waals surface area contributed by atoms with Crippen molar-refractivity contribution < 1.29 is 9.47 Å². The third-order valence-electron chi connectivity index (χ3n) is 3.70. The number of nitrogens with two attached hydrogens (primary N) is 1. The lowest BCUT2D eigenvalue weighted by Crippen LogP contribution is -2.16. The minimum Gasteiger partial charge on any atom is -0.495 e. The van der Waals surface area contributed by atoms with Gasteiger partial charge >= 0.3 is 0 Å². The topological polar surface area (TPSA) is 44.5 Å². The van der Waals surface area contributed by atoms with Gasteiger partial charge in [-0.15, -0.1) is 0 Å². The molecule has 0 amide bonds. The van der Waals surface area contributed by atoms with Gasteiger partial charge in [0.15, 0.2) is 0 Å². The van der Waals surface area contributed by atoms with E-state index in [1.54, 1.807) is 14.2 Å². The molecule has 0 saturated heterocycles. The summed E-state index contributed by atoms with van der Waals surface area (Å²) in [5.41, 5.74) is 10.7. The van der Waals surface area contributed by atoms with Crippen molar-refractivity contribution in [1.82, 2.24) is 0 Å². The van der Waals surface area contributed by atoms with Crippen LogP contribution in [0.15, 0.2) is 30.3 Å². The SMILES string of the molecule is COc1ccc(C(N)c2c(C)cccc2C)c(OC)c1Cl. The summed E-state index contributed by atoms with van der Waals surface area (Å²) in [7, 11) is 3.16. The molecule has 0 aromatic heterocycles. The van der Waals surface area contributed by atoms with E-state index in [9.17, 15) is 0 Å². The molecule has 0 aliphatic rings. The Kier molecular flexibility index (Phi) is 4.76. The third-order valence-corrected chi connectivity index (χ3v) is 4.06. The second kappa shape index (κ2) is 6.37. The van der Waals surface area contributed by atoms with Gasteiger partial charge in [-0.3, -0.25) is 0 Å². The van der Waals surface area contributed by atoms with Crippen molar-refractivity contribution in [2.75, 3.05) is 14.2 Å². The molecule has 0 fully saturated rings. The van der Waals surface area contributed by atoms with Gasteiger partial charge in [-0.1, -0.05) is 29.8 Å². The maximum Gasteiger partial charge on any atom is 0.146 e. The van der Waals surface area contributed by atoms with E-state index in [1.807, 2.05) is 18.2 Å². The molecule has 1 unspecified atom stereocenters. The highest BCUT2D eigenvalue weighted by Crippen LogP contribution is 2.41. The standard InChI is InChI=1S/C17H20ClNO2/c1-10-6-5-7-11(2)14(10)16(19)12-8-9-13(20-3)15(18)17(12)21-4/h5-9,16H,19H2,1-4H3. The molecule has 0 bridgehead atoms. The van der Waals surface area contributed by atoms with Crippen molar-refractivity contribution >= 4 is 11.6 Å². The number of hydrogen-bond acceptors (Lipinski definition) is 3. The number of benzene rings is 2. The molecule has 112 valence electrons. The predicted molar refractivity (Wildman–Crippen MR) is 86.5 cm³/mol. The average molecular weight is 306 g/mol. The monoisotopic (exact) mass is 305 g/mol. The van der Waals surface area contributed by atoms with Crippen molar-refractivity contribution in [3.05, 3.63) is 57.6 Å². The van der Waals surface area contributed by atoms with Crippen LogP contribution >= 0.6 is 11.6 Å². The minimum absolute atomic E-state index is 0.301. The maximum atomic E-state index is 6.48. The molecule has 2 aromatic rings. The summed E-state index contributed by atoms with van der Waals surface area (Å²) in [5, 5.41) is 0.444. The summed E-state index contributed by atoms with van der Waals surface area (Å²) in [6, 6.07) is 9.55. The Bertz CT molecular complexity index is 635. The number of hydrogen-bond donors (Lipinski definition) is 1. The molecule has 0 aliphatic carbocycles. The zero-order valence-corrected chi connectivity index (χ0v) is 13.5. The van der Waals surface area contributed by atoms with E-state index in [4.69, 9.17) is 26.8 Å². The number of halogens is 1. The molecule has 0 heterocycles. The zero-order chi connectivity index (χ0) is 15.6. The number of aryl methyl sites for hydroxylation is 2. The van der Waals surface area contributed by atoms with Gasteiger partial charge < -0.3 is 15.2 Å². The summed E-state index contributed by atoms with van der Waals surface area (Å²) in [6.07, 6.45) is 0.